The summed E-state index contributed by atoms with van der Waals surface area (Å²) in [6.07, 6.45) is 1.39. The van der Waals surface area contributed by atoms with E-state index in [0.29, 0.717) is 15.1 Å². The van der Waals surface area contributed by atoms with Crippen molar-refractivity contribution in [1.82, 2.24) is 5.43 Å². The molecule has 0 saturated carbocycles. The molecule has 22 heavy (non-hydrogen) atoms. The molecule has 5 nitrogen and oxygen atoms in total. The number of aromatic hydroxyl groups is 2. The van der Waals surface area contributed by atoms with Crippen LogP contribution in [-0.4, -0.2) is 21.5 Å². The van der Waals surface area contributed by atoms with Gasteiger partial charge in [-0.1, -0.05) is 18.2 Å². The maximum atomic E-state index is 9.91. The lowest BCUT2D eigenvalue weighted by molar-refractivity contribution is 0.442. The molecular weight excluding hydrogens is 434 g/mol. The Bertz CT molecular complexity index is 724. The van der Waals surface area contributed by atoms with Crippen LogP contribution in [0.15, 0.2) is 50.4 Å². The number of phenols is 2. The molecule has 0 amide bonds. The molecule has 114 valence electrons. The second-order valence-electron chi connectivity index (χ2n) is 4.15. The molecule has 0 bridgehead atoms. The van der Waals surface area contributed by atoms with Gasteiger partial charge < -0.3 is 15.5 Å². The highest BCUT2D eigenvalue weighted by Gasteiger charge is 2.12. The van der Waals surface area contributed by atoms with Gasteiger partial charge in [0, 0.05) is 11.3 Å². The molecule has 0 unspecified atom stereocenters. The first-order chi connectivity index (χ1) is 10.5. The van der Waals surface area contributed by atoms with E-state index in [9.17, 15) is 10.2 Å². The van der Waals surface area contributed by atoms with Crippen molar-refractivity contribution in [3.8, 4) is 11.5 Å². The second-order valence-corrected chi connectivity index (χ2v) is 6.20. The Morgan fingerprint density at radius 3 is 2.50 bits per heavy atom. The van der Waals surface area contributed by atoms with Gasteiger partial charge in [-0.15, -0.1) is 0 Å². The van der Waals surface area contributed by atoms with E-state index in [0.717, 1.165) is 5.69 Å². The highest BCUT2D eigenvalue weighted by Crippen LogP contribution is 2.40. The minimum absolute atomic E-state index is 0.0797. The smallest absolute Gasteiger partial charge is 0.191 e. The molecule has 0 aromatic heterocycles. The van der Waals surface area contributed by atoms with Gasteiger partial charge >= 0.3 is 0 Å². The minimum atomic E-state index is -0.117. The van der Waals surface area contributed by atoms with E-state index in [2.05, 4.69) is 47.7 Å². The molecule has 0 heterocycles. The topological polar surface area (TPSA) is 76.9 Å². The molecule has 0 spiro atoms. The van der Waals surface area contributed by atoms with Gasteiger partial charge in [0.05, 0.1) is 10.7 Å². The Balaban J connectivity index is 2.03. The number of phenolic OH excluding ortho intramolecular Hbond substituents is 2. The zero-order valence-electron chi connectivity index (χ0n) is 11.0. The van der Waals surface area contributed by atoms with E-state index in [4.69, 9.17) is 12.2 Å². The first kappa shape index (κ1) is 16.7. The number of thiocarbonyl (C=S) groups is 1. The molecule has 2 aromatic rings. The quantitative estimate of drug-likeness (QED) is 0.327. The average molecular weight is 445 g/mol. The van der Waals surface area contributed by atoms with E-state index < -0.39 is 0 Å². The number of hydrogen-bond acceptors (Lipinski definition) is 4. The molecule has 0 fully saturated rings. The largest absolute Gasteiger partial charge is 0.506 e. The summed E-state index contributed by atoms with van der Waals surface area (Å²) in [5.74, 6) is -0.197. The zero-order chi connectivity index (χ0) is 16.1. The third-order valence-corrected chi connectivity index (χ3v) is 4.15. The number of benzene rings is 2. The lowest BCUT2D eigenvalue weighted by Crippen LogP contribution is -2.23. The number of nitrogens with zero attached hydrogens (tertiary/aromatic N) is 1. The number of hydrogen-bond donors (Lipinski definition) is 4. The van der Waals surface area contributed by atoms with Crippen LogP contribution in [0.4, 0.5) is 5.69 Å². The number of hydrazone groups is 1. The van der Waals surface area contributed by atoms with Crippen LogP contribution in [-0.2, 0) is 0 Å². The van der Waals surface area contributed by atoms with Crippen LogP contribution in [0, 0.1) is 0 Å². The van der Waals surface area contributed by atoms with Gasteiger partial charge in [-0.3, -0.25) is 5.43 Å². The maximum absolute atomic E-state index is 9.91. The zero-order valence-corrected chi connectivity index (χ0v) is 15.0. The summed E-state index contributed by atoms with van der Waals surface area (Å²) in [6.45, 7) is 0. The van der Waals surface area contributed by atoms with Crippen molar-refractivity contribution >= 4 is 61.1 Å². The molecule has 4 N–H and O–H groups in total. The fourth-order valence-electron chi connectivity index (χ4n) is 1.56. The molecule has 2 rings (SSSR count). The van der Waals surface area contributed by atoms with Crippen molar-refractivity contribution in [2.24, 2.45) is 5.10 Å². The summed E-state index contributed by atoms with van der Waals surface area (Å²) in [6, 6.07) is 11.0. The van der Waals surface area contributed by atoms with Gasteiger partial charge in [-0.05, 0) is 62.3 Å². The normalized spacial score (nSPS) is 10.6. The highest BCUT2D eigenvalue weighted by molar-refractivity contribution is 9.11. The molecule has 8 heteroatoms. The van der Waals surface area contributed by atoms with Gasteiger partial charge in [-0.25, -0.2) is 0 Å². The van der Waals surface area contributed by atoms with Gasteiger partial charge in [0.1, 0.15) is 16.0 Å². The van der Waals surface area contributed by atoms with Crippen LogP contribution < -0.4 is 10.7 Å². The lowest BCUT2D eigenvalue weighted by atomic mass is 10.2. The Hall–Kier alpha value is -1.64. The summed E-state index contributed by atoms with van der Waals surface area (Å²) in [5, 5.41) is 26.8. The number of para-hydroxylation sites is 1. The Kier molecular flexibility index (Phi) is 5.76. The highest BCUT2D eigenvalue weighted by atomic mass is 79.9. The predicted octanol–water partition coefficient (Wildman–Crippen LogP) is 3.94. The SMILES string of the molecule is Oc1c(Br)cc(/C=N\NC(=S)Nc2ccccc2)c(O)c1Br. The van der Waals surface area contributed by atoms with Crippen LogP contribution in [0.1, 0.15) is 5.56 Å². The molecule has 0 radical (unpaired) electrons. The fraction of sp³-hybridized carbons (Fsp3) is 0. The number of nitrogens with one attached hydrogen (secondary N) is 2. The van der Waals surface area contributed by atoms with E-state index in [1.165, 1.54) is 12.3 Å². The van der Waals surface area contributed by atoms with Crippen molar-refractivity contribution in [3.05, 3.63) is 50.9 Å². The number of rotatable bonds is 3. The van der Waals surface area contributed by atoms with Gasteiger partial charge in [0.15, 0.2) is 5.11 Å². The van der Waals surface area contributed by atoms with Crippen molar-refractivity contribution < 1.29 is 10.2 Å². The van der Waals surface area contributed by atoms with Crippen molar-refractivity contribution in [1.29, 1.82) is 0 Å². The first-order valence-corrected chi connectivity index (χ1v) is 8.03. The van der Waals surface area contributed by atoms with Gasteiger partial charge in [-0.2, -0.15) is 5.10 Å². The molecule has 2 aromatic carbocycles. The molecule has 0 atom stereocenters. The lowest BCUT2D eigenvalue weighted by Gasteiger charge is -2.08. The summed E-state index contributed by atoms with van der Waals surface area (Å²) in [5.41, 5.74) is 3.90. The Labute approximate surface area is 149 Å². The Morgan fingerprint density at radius 1 is 1.14 bits per heavy atom. The fourth-order valence-corrected chi connectivity index (χ4v) is 2.88. The summed E-state index contributed by atoms with van der Waals surface area (Å²) < 4.78 is 0.622. The standard InChI is InChI=1S/C14H11Br2N3O2S/c15-10-6-8(12(20)11(16)13(10)21)7-17-19-14(22)18-9-4-2-1-3-5-9/h1-7,20-21H,(H2,18,19,22)/b17-7-. The molecule has 0 aliphatic heterocycles. The van der Waals surface area contributed by atoms with Crippen LogP contribution >= 0.6 is 44.1 Å². The van der Waals surface area contributed by atoms with E-state index in [1.807, 2.05) is 30.3 Å². The number of anilines is 1. The summed E-state index contributed by atoms with van der Waals surface area (Å²) in [7, 11) is 0. The van der Waals surface area contributed by atoms with E-state index in [-0.39, 0.29) is 16.0 Å². The maximum Gasteiger partial charge on any atom is 0.191 e. The third kappa shape index (κ3) is 4.19. The van der Waals surface area contributed by atoms with Crippen LogP contribution in [0.2, 0.25) is 0 Å². The summed E-state index contributed by atoms with van der Waals surface area (Å²) >= 11 is 11.4. The first-order valence-electron chi connectivity index (χ1n) is 6.04. The van der Waals surface area contributed by atoms with E-state index >= 15 is 0 Å². The van der Waals surface area contributed by atoms with Crippen molar-refractivity contribution in [2.75, 3.05) is 5.32 Å². The van der Waals surface area contributed by atoms with Gasteiger partial charge in [0.2, 0.25) is 0 Å². The third-order valence-electron chi connectivity index (χ3n) is 2.60. The summed E-state index contributed by atoms with van der Waals surface area (Å²) in [4.78, 5) is 0. The molecule has 0 saturated heterocycles. The molecule has 0 aliphatic carbocycles. The van der Waals surface area contributed by atoms with Gasteiger partial charge in [0.25, 0.3) is 0 Å². The van der Waals surface area contributed by atoms with Crippen LogP contribution in [0.3, 0.4) is 0 Å². The minimum Gasteiger partial charge on any atom is -0.506 e. The second kappa shape index (κ2) is 7.57. The van der Waals surface area contributed by atoms with Crippen molar-refractivity contribution in [2.45, 2.75) is 0 Å². The van der Waals surface area contributed by atoms with Crippen LogP contribution in [0.5, 0.6) is 11.5 Å². The van der Waals surface area contributed by atoms with E-state index in [1.54, 1.807) is 0 Å². The molecular formula is C14H11Br2N3O2S. The molecule has 0 aliphatic rings. The van der Waals surface area contributed by atoms with Crippen molar-refractivity contribution in [3.63, 3.8) is 0 Å². The predicted molar refractivity (Wildman–Crippen MR) is 98.6 cm³/mol. The average Bonchev–Trinajstić information content (AvgIpc) is 2.51. The Morgan fingerprint density at radius 2 is 1.82 bits per heavy atom. The number of halogens is 2. The van der Waals surface area contributed by atoms with Crippen LogP contribution in [0.25, 0.3) is 0 Å². The monoisotopic (exact) mass is 443 g/mol.